The van der Waals surface area contributed by atoms with Crippen molar-refractivity contribution >= 4 is 21.6 Å². The Labute approximate surface area is 88.7 Å². The van der Waals surface area contributed by atoms with E-state index in [0.29, 0.717) is 0 Å². The molecule has 1 rings (SSSR count). The monoisotopic (exact) mass is 241 g/mol. The van der Waals surface area contributed by atoms with Crippen molar-refractivity contribution in [2.45, 2.75) is 26.7 Å². The number of halogens is 1. The van der Waals surface area contributed by atoms with Gasteiger partial charge in [-0.05, 0) is 24.0 Å². The fourth-order valence-corrected chi connectivity index (χ4v) is 1.82. The maximum absolute atomic E-state index is 3.40. The van der Waals surface area contributed by atoms with E-state index in [-0.39, 0.29) is 0 Å². The lowest BCUT2D eigenvalue weighted by Gasteiger charge is -2.13. The quantitative estimate of drug-likeness (QED) is 0.628. The molecule has 0 unspecified atom stereocenters. The molecule has 0 aliphatic heterocycles. The van der Waals surface area contributed by atoms with E-state index in [9.17, 15) is 0 Å². The van der Waals surface area contributed by atoms with Crippen molar-refractivity contribution in [2.75, 3.05) is 10.8 Å². The van der Waals surface area contributed by atoms with E-state index in [0.717, 1.165) is 18.3 Å². The number of benzene rings is 1. The predicted molar refractivity (Wildman–Crippen MR) is 62.6 cm³/mol. The molecule has 0 amide bonds. The molecule has 1 aromatic rings. The minimum Gasteiger partial charge on any atom is -0.375 e. The van der Waals surface area contributed by atoms with Crippen molar-refractivity contribution in [3.8, 4) is 0 Å². The molecule has 0 aliphatic carbocycles. The average Bonchev–Trinajstić information content (AvgIpc) is 2.18. The van der Waals surface area contributed by atoms with Crippen LogP contribution >= 0.6 is 15.9 Å². The Balaban J connectivity index is 3.05. The number of nitrogens with one attached hydrogen (secondary N) is 1. The van der Waals surface area contributed by atoms with Crippen molar-refractivity contribution in [1.29, 1.82) is 0 Å². The fourth-order valence-electron chi connectivity index (χ4n) is 1.54. The molecular weight excluding hydrogens is 226 g/mol. The molecule has 72 valence electrons. The summed E-state index contributed by atoms with van der Waals surface area (Å²) in [4.78, 5) is 0. The van der Waals surface area contributed by atoms with Gasteiger partial charge in [-0.3, -0.25) is 0 Å². The van der Waals surface area contributed by atoms with E-state index < -0.39 is 0 Å². The minimum absolute atomic E-state index is 0.816. The molecule has 0 saturated heterocycles. The summed E-state index contributed by atoms with van der Waals surface area (Å²) in [5, 5.41) is 3.36. The molecule has 0 fully saturated rings. The van der Waals surface area contributed by atoms with Gasteiger partial charge in [-0.15, -0.1) is 0 Å². The van der Waals surface area contributed by atoms with Crippen molar-refractivity contribution < 1.29 is 0 Å². The number of para-hydroxylation sites is 1. The summed E-state index contributed by atoms with van der Waals surface area (Å²) < 4.78 is 0. The van der Waals surface area contributed by atoms with Gasteiger partial charge < -0.3 is 5.32 Å². The third-order valence-electron chi connectivity index (χ3n) is 2.24. The molecule has 0 heterocycles. The Kier molecular flexibility index (Phi) is 4.29. The normalized spacial score (nSPS) is 10.1. The zero-order valence-corrected chi connectivity index (χ0v) is 9.82. The van der Waals surface area contributed by atoms with Crippen LogP contribution in [0.4, 0.5) is 5.69 Å². The summed E-state index contributed by atoms with van der Waals surface area (Å²) >= 11 is 3.40. The van der Waals surface area contributed by atoms with Crippen LogP contribution in [0.2, 0.25) is 0 Å². The van der Waals surface area contributed by atoms with E-state index >= 15 is 0 Å². The summed E-state index contributed by atoms with van der Waals surface area (Å²) in [5.74, 6) is 0. The van der Waals surface area contributed by atoms with Crippen LogP contribution in [-0.4, -0.2) is 5.45 Å². The Morgan fingerprint density at radius 1 is 1.15 bits per heavy atom. The predicted octanol–water partition coefficient (Wildman–Crippen LogP) is 3.58. The molecule has 0 saturated carbocycles. The number of aryl methyl sites for hydroxylation is 2. The van der Waals surface area contributed by atoms with Crippen LogP contribution in [0.25, 0.3) is 0 Å². The zero-order chi connectivity index (χ0) is 9.68. The van der Waals surface area contributed by atoms with E-state index in [2.05, 4.69) is 53.3 Å². The molecule has 0 aliphatic rings. The highest BCUT2D eigenvalue weighted by Crippen LogP contribution is 2.22. The van der Waals surface area contributed by atoms with Gasteiger partial charge in [0.1, 0.15) is 0 Å². The largest absolute Gasteiger partial charge is 0.375 e. The highest BCUT2D eigenvalue weighted by atomic mass is 79.9. The second-order valence-corrected chi connectivity index (χ2v) is 3.53. The lowest BCUT2D eigenvalue weighted by atomic mass is 10.0. The molecule has 0 atom stereocenters. The topological polar surface area (TPSA) is 12.0 Å². The van der Waals surface area contributed by atoms with E-state index in [1.807, 2.05) is 0 Å². The average molecular weight is 242 g/mol. The van der Waals surface area contributed by atoms with Gasteiger partial charge in [0.25, 0.3) is 0 Å². The smallest absolute Gasteiger partial charge is 0.0707 e. The van der Waals surface area contributed by atoms with Gasteiger partial charge >= 0.3 is 0 Å². The maximum Gasteiger partial charge on any atom is 0.0707 e. The van der Waals surface area contributed by atoms with Crippen molar-refractivity contribution in [1.82, 2.24) is 0 Å². The Morgan fingerprint density at radius 2 is 1.69 bits per heavy atom. The van der Waals surface area contributed by atoms with Gasteiger partial charge in [-0.25, -0.2) is 0 Å². The molecule has 1 nitrogen and oxygen atoms in total. The zero-order valence-electron chi connectivity index (χ0n) is 8.23. The van der Waals surface area contributed by atoms with Crippen LogP contribution in [-0.2, 0) is 12.8 Å². The molecule has 0 spiro atoms. The SMILES string of the molecule is CCc1cccc(CC)c1NCBr. The van der Waals surface area contributed by atoms with Crippen LogP contribution < -0.4 is 5.32 Å². The molecule has 13 heavy (non-hydrogen) atoms. The molecule has 1 aromatic carbocycles. The number of hydrogen-bond acceptors (Lipinski definition) is 1. The summed E-state index contributed by atoms with van der Waals surface area (Å²) in [7, 11) is 0. The lowest BCUT2D eigenvalue weighted by Crippen LogP contribution is -2.02. The molecule has 0 bridgehead atoms. The first-order valence-corrected chi connectivity index (χ1v) is 5.86. The highest BCUT2D eigenvalue weighted by Gasteiger charge is 2.03. The summed E-state index contributed by atoms with van der Waals surface area (Å²) in [6, 6.07) is 6.51. The molecular formula is C11H16BrN. The van der Waals surface area contributed by atoms with Gasteiger partial charge in [0.15, 0.2) is 0 Å². The third-order valence-corrected chi connectivity index (χ3v) is 2.52. The van der Waals surface area contributed by atoms with Gasteiger partial charge in [0.05, 0.1) is 5.45 Å². The van der Waals surface area contributed by atoms with Crippen molar-refractivity contribution in [3.63, 3.8) is 0 Å². The first kappa shape index (κ1) is 10.6. The van der Waals surface area contributed by atoms with E-state index in [1.165, 1.54) is 16.8 Å². The van der Waals surface area contributed by atoms with Crippen LogP contribution in [0, 0.1) is 0 Å². The second kappa shape index (κ2) is 5.28. The van der Waals surface area contributed by atoms with Crippen LogP contribution in [0.3, 0.4) is 0 Å². The number of hydrogen-bond donors (Lipinski definition) is 1. The molecule has 1 N–H and O–H groups in total. The summed E-state index contributed by atoms with van der Waals surface area (Å²) in [5.41, 5.74) is 4.93. The van der Waals surface area contributed by atoms with E-state index in [4.69, 9.17) is 0 Å². The Hall–Kier alpha value is -0.500. The van der Waals surface area contributed by atoms with Gasteiger partial charge in [0.2, 0.25) is 0 Å². The summed E-state index contributed by atoms with van der Waals surface area (Å²) in [6.07, 6.45) is 2.17. The number of alkyl halides is 1. The third kappa shape index (κ3) is 2.47. The van der Waals surface area contributed by atoms with Crippen molar-refractivity contribution in [2.24, 2.45) is 0 Å². The van der Waals surface area contributed by atoms with Crippen LogP contribution in [0.5, 0.6) is 0 Å². The van der Waals surface area contributed by atoms with Crippen molar-refractivity contribution in [3.05, 3.63) is 29.3 Å². The number of rotatable bonds is 4. The molecule has 0 radical (unpaired) electrons. The molecule has 0 aromatic heterocycles. The second-order valence-electron chi connectivity index (χ2n) is 2.97. The molecule has 2 heteroatoms. The fraction of sp³-hybridized carbons (Fsp3) is 0.455. The summed E-state index contributed by atoms with van der Waals surface area (Å²) in [6.45, 7) is 4.38. The Bertz CT molecular complexity index is 249. The standard InChI is InChI=1S/C11H16BrN/c1-3-9-6-5-7-10(4-2)11(9)13-8-12/h5-7,13H,3-4,8H2,1-2H3. The van der Waals surface area contributed by atoms with Gasteiger partial charge in [0, 0.05) is 5.69 Å². The first-order valence-electron chi connectivity index (χ1n) is 4.74. The van der Waals surface area contributed by atoms with Crippen LogP contribution in [0.15, 0.2) is 18.2 Å². The minimum atomic E-state index is 0.816. The highest BCUT2D eigenvalue weighted by molar-refractivity contribution is 9.09. The lowest BCUT2D eigenvalue weighted by molar-refractivity contribution is 1.08. The van der Waals surface area contributed by atoms with Crippen LogP contribution in [0.1, 0.15) is 25.0 Å². The van der Waals surface area contributed by atoms with Gasteiger partial charge in [-0.1, -0.05) is 48.0 Å². The number of anilines is 1. The first-order chi connectivity index (χ1) is 6.33. The Morgan fingerprint density at radius 3 is 2.08 bits per heavy atom. The maximum atomic E-state index is 3.40. The van der Waals surface area contributed by atoms with E-state index in [1.54, 1.807) is 0 Å². The van der Waals surface area contributed by atoms with Gasteiger partial charge in [-0.2, -0.15) is 0 Å².